The van der Waals surface area contributed by atoms with Crippen molar-refractivity contribution in [2.75, 3.05) is 13.1 Å². The molecule has 1 atom stereocenters. The third kappa shape index (κ3) is 4.13. The number of aromatic nitrogens is 2. The molecule has 2 N–H and O–H groups in total. The first kappa shape index (κ1) is 23.5. The molecule has 4 heterocycles. The predicted molar refractivity (Wildman–Crippen MR) is 137 cm³/mol. The minimum Gasteiger partial charge on any atom is -0.460 e. The summed E-state index contributed by atoms with van der Waals surface area (Å²) in [5.41, 5.74) is 2.24. The van der Waals surface area contributed by atoms with Crippen molar-refractivity contribution in [1.82, 2.24) is 19.8 Å². The first-order valence-corrected chi connectivity index (χ1v) is 12.7. The summed E-state index contributed by atoms with van der Waals surface area (Å²) in [5.74, 6) is 1.43. The van der Waals surface area contributed by atoms with Gasteiger partial charge < -0.3 is 24.5 Å². The Labute approximate surface area is 214 Å². The van der Waals surface area contributed by atoms with Crippen LogP contribution in [0.15, 0.2) is 41.1 Å². The van der Waals surface area contributed by atoms with E-state index in [0.29, 0.717) is 59.0 Å². The molecule has 2 fully saturated rings. The van der Waals surface area contributed by atoms with E-state index in [1.807, 2.05) is 19.1 Å². The zero-order valence-electron chi connectivity index (χ0n) is 21.2. The van der Waals surface area contributed by atoms with Crippen LogP contribution in [0.4, 0.5) is 0 Å². The van der Waals surface area contributed by atoms with Gasteiger partial charge in [-0.2, -0.15) is 5.10 Å². The van der Waals surface area contributed by atoms with Gasteiger partial charge in [0.1, 0.15) is 22.6 Å². The number of hydrogen-bond donors (Lipinski definition) is 2. The van der Waals surface area contributed by atoms with Gasteiger partial charge in [-0.1, -0.05) is 0 Å². The molecular weight excluding hydrogens is 472 g/mol. The Morgan fingerprint density at radius 2 is 2.05 bits per heavy atom. The smallest absolute Gasteiger partial charge is 0.255 e. The Morgan fingerprint density at radius 3 is 2.76 bits per heavy atom. The fraction of sp³-hybridized carbons (Fsp3) is 0.393. The number of furan rings is 1. The number of hydrogen-bond acceptors (Lipinski definition) is 6. The second kappa shape index (κ2) is 8.62. The minimum atomic E-state index is -0.865. The lowest BCUT2D eigenvalue weighted by Gasteiger charge is -2.26. The second-order valence-electron chi connectivity index (χ2n) is 10.5. The lowest BCUT2D eigenvalue weighted by atomic mass is 9.93. The van der Waals surface area contributed by atoms with E-state index >= 15 is 0 Å². The molecule has 37 heavy (non-hydrogen) atoms. The number of nitrogens with one attached hydrogen (secondary N) is 1. The largest absolute Gasteiger partial charge is 0.460 e. The van der Waals surface area contributed by atoms with Crippen molar-refractivity contribution in [2.24, 2.45) is 0 Å². The molecule has 1 aliphatic carbocycles. The van der Waals surface area contributed by atoms with Gasteiger partial charge in [0.05, 0.1) is 22.9 Å². The highest BCUT2D eigenvalue weighted by molar-refractivity contribution is 6.07. The molecule has 1 aliphatic heterocycles. The monoisotopic (exact) mass is 502 g/mol. The van der Waals surface area contributed by atoms with E-state index in [0.717, 1.165) is 30.2 Å². The average Bonchev–Trinajstić information content (AvgIpc) is 3.47. The summed E-state index contributed by atoms with van der Waals surface area (Å²) in [5, 5.41) is 18.5. The van der Waals surface area contributed by atoms with Crippen molar-refractivity contribution in [3.05, 3.63) is 59.1 Å². The fourth-order valence-corrected chi connectivity index (χ4v) is 5.29. The van der Waals surface area contributed by atoms with Crippen LogP contribution in [-0.4, -0.2) is 56.2 Å². The maximum Gasteiger partial charge on any atom is 0.255 e. The highest BCUT2D eigenvalue weighted by Gasteiger charge is 2.35. The number of carbonyl (C=O) groups excluding carboxylic acids is 2. The van der Waals surface area contributed by atoms with Gasteiger partial charge in [-0.25, -0.2) is 4.52 Å². The van der Waals surface area contributed by atoms with Crippen molar-refractivity contribution >= 4 is 28.3 Å². The predicted octanol–water partition coefficient (Wildman–Crippen LogP) is 4.37. The van der Waals surface area contributed by atoms with Crippen molar-refractivity contribution < 1.29 is 23.8 Å². The van der Waals surface area contributed by atoms with Gasteiger partial charge in [-0.05, 0) is 64.2 Å². The standard InChI is InChI=1S/C28H30N4O5/c1-16-21(27(34)31-12-10-28(3,35)15-31)14-32-25(16)22(9-11-29-32)37-19-7-8-20-23(13-19)36-17(2)24(20)26(33)30-18-5-4-6-18/h7-9,11,13-14,18,35H,4-6,10,12,15H2,1-3H3,(H,30,33). The summed E-state index contributed by atoms with van der Waals surface area (Å²) in [4.78, 5) is 27.7. The van der Waals surface area contributed by atoms with Crippen LogP contribution in [-0.2, 0) is 0 Å². The second-order valence-corrected chi connectivity index (χ2v) is 10.5. The van der Waals surface area contributed by atoms with Gasteiger partial charge in [-0.15, -0.1) is 0 Å². The molecule has 0 radical (unpaired) electrons. The van der Waals surface area contributed by atoms with Gasteiger partial charge in [0, 0.05) is 42.8 Å². The number of rotatable bonds is 5. The van der Waals surface area contributed by atoms with Crippen molar-refractivity contribution in [2.45, 2.75) is 58.1 Å². The molecular formula is C28H30N4O5. The molecule has 0 spiro atoms. The summed E-state index contributed by atoms with van der Waals surface area (Å²) >= 11 is 0. The SMILES string of the molecule is Cc1oc2cc(Oc3ccnn4cc(C(=O)N5CCC(C)(O)C5)c(C)c34)ccc2c1C(=O)NC1CCC1. The molecule has 1 unspecified atom stereocenters. The van der Waals surface area contributed by atoms with Crippen LogP contribution in [0, 0.1) is 13.8 Å². The molecule has 1 saturated heterocycles. The number of ether oxygens (including phenoxy) is 1. The Morgan fingerprint density at radius 1 is 1.24 bits per heavy atom. The Balaban J connectivity index is 1.29. The number of amides is 2. The molecule has 9 heteroatoms. The van der Waals surface area contributed by atoms with Crippen LogP contribution in [0.1, 0.15) is 64.6 Å². The van der Waals surface area contributed by atoms with Crippen LogP contribution >= 0.6 is 0 Å². The summed E-state index contributed by atoms with van der Waals surface area (Å²) in [7, 11) is 0. The molecule has 1 saturated carbocycles. The summed E-state index contributed by atoms with van der Waals surface area (Å²) in [6.45, 7) is 6.23. The zero-order chi connectivity index (χ0) is 25.9. The van der Waals surface area contributed by atoms with Crippen LogP contribution < -0.4 is 10.1 Å². The highest BCUT2D eigenvalue weighted by atomic mass is 16.5. The summed E-state index contributed by atoms with van der Waals surface area (Å²) in [6.07, 6.45) is 7.06. The van der Waals surface area contributed by atoms with Crippen molar-refractivity contribution in [3.63, 3.8) is 0 Å². The number of fused-ring (bicyclic) bond motifs is 2. The molecule has 0 bridgehead atoms. The molecule has 3 aromatic heterocycles. The van der Waals surface area contributed by atoms with Crippen LogP contribution in [0.5, 0.6) is 11.5 Å². The molecule has 9 nitrogen and oxygen atoms in total. The van der Waals surface area contributed by atoms with E-state index in [9.17, 15) is 14.7 Å². The van der Waals surface area contributed by atoms with Gasteiger partial charge >= 0.3 is 0 Å². The van der Waals surface area contributed by atoms with E-state index in [4.69, 9.17) is 9.15 Å². The molecule has 192 valence electrons. The van der Waals surface area contributed by atoms with Gasteiger partial charge in [-0.3, -0.25) is 9.59 Å². The van der Waals surface area contributed by atoms with Gasteiger partial charge in [0.15, 0.2) is 5.75 Å². The normalized spacial score (nSPS) is 19.9. The lowest BCUT2D eigenvalue weighted by Crippen LogP contribution is -2.39. The maximum atomic E-state index is 13.2. The fourth-order valence-electron chi connectivity index (χ4n) is 5.29. The first-order chi connectivity index (χ1) is 17.7. The van der Waals surface area contributed by atoms with E-state index in [-0.39, 0.29) is 17.9 Å². The van der Waals surface area contributed by atoms with Crippen LogP contribution in [0.2, 0.25) is 0 Å². The number of carbonyl (C=O) groups is 2. The van der Waals surface area contributed by atoms with Crippen LogP contribution in [0.3, 0.4) is 0 Å². The van der Waals surface area contributed by atoms with E-state index in [1.165, 1.54) is 0 Å². The topological polar surface area (TPSA) is 109 Å². The number of nitrogens with zero attached hydrogens (tertiary/aromatic N) is 3. The van der Waals surface area contributed by atoms with Crippen molar-refractivity contribution in [1.29, 1.82) is 0 Å². The first-order valence-electron chi connectivity index (χ1n) is 12.7. The summed E-state index contributed by atoms with van der Waals surface area (Å²) < 4.78 is 13.8. The third-order valence-corrected chi connectivity index (χ3v) is 7.59. The lowest BCUT2D eigenvalue weighted by molar-refractivity contribution is 0.0572. The molecule has 1 aromatic carbocycles. The van der Waals surface area contributed by atoms with Crippen LogP contribution in [0.25, 0.3) is 16.5 Å². The molecule has 2 aliphatic rings. The van der Waals surface area contributed by atoms with Crippen molar-refractivity contribution in [3.8, 4) is 11.5 Å². The third-order valence-electron chi connectivity index (χ3n) is 7.59. The van der Waals surface area contributed by atoms with Gasteiger partial charge in [0.25, 0.3) is 11.8 Å². The number of β-amino-alcohol motifs (C(OH)–C–C–N with tert-alkyl or cyclic N) is 1. The maximum absolute atomic E-state index is 13.2. The average molecular weight is 503 g/mol. The molecule has 6 rings (SSSR count). The van der Waals surface area contributed by atoms with E-state index in [2.05, 4.69) is 10.4 Å². The highest BCUT2D eigenvalue weighted by Crippen LogP contribution is 2.35. The van der Waals surface area contributed by atoms with E-state index in [1.54, 1.807) is 47.8 Å². The minimum absolute atomic E-state index is 0.106. The molecule has 4 aromatic rings. The van der Waals surface area contributed by atoms with E-state index < -0.39 is 5.60 Å². The Bertz CT molecular complexity index is 1550. The Kier molecular flexibility index (Phi) is 5.49. The number of likely N-dealkylation sites (tertiary alicyclic amines) is 1. The molecule has 2 amide bonds. The summed E-state index contributed by atoms with van der Waals surface area (Å²) in [6, 6.07) is 7.43. The number of benzene rings is 1. The zero-order valence-corrected chi connectivity index (χ0v) is 21.2. The van der Waals surface area contributed by atoms with Gasteiger partial charge in [0.2, 0.25) is 0 Å². The Hall–Kier alpha value is -3.85. The number of aliphatic hydroxyl groups is 1. The number of aryl methyl sites for hydroxylation is 2. The quantitative estimate of drug-likeness (QED) is 0.420.